The first-order valence-electron chi connectivity index (χ1n) is 1.21. The first-order chi connectivity index (χ1) is 1.91. The third-order valence-electron chi connectivity index (χ3n) is 0.177. The summed E-state index contributed by atoms with van der Waals surface area (Å²) in [5.41, 5.74) is 0. The second-order valence-corrected chi connectivity index (χ2v) is 0.500. The van der Waals surface area contributed by atoms with Crippen molar-refractivity contribution in [2.75, 3.05) is 0 Å². The van der Waals surface area contributed by atoms with Gasteiger partial charge in [0.1, 0.15) is 6.58 Å². The first kappa shape index (κ1) is 3.65. The lowest BCUT2D eigenvalue weighted by Gasteiger charge is -1.50. The van der Waals surface area contributed by atoms with Crippen LogP contribution in [0.3, 0.4) is 0 Å². The predicted molar refractivity (Wildman–Crippen MR) is 18.8 cm³/mol. The Bertz CT molecular complexity index is 14.0. The van der Waals surface area contributed by atoms with Gasteiger partial charge in [-0.05, 0) is 0 Å². The average Bonchev–Trinajstić information content (AvgIpc) is 1.37. The van der Waals surface area contributed by atoms with Crippen molar-refractivity contribution in [3.8, 4) is 0 Å². The zero-order valence-corrected chi connectivity index (χ0v) is 2.62. The molecule has 0 spiro atoms. The summed E-state index contributed by atoms with van der Waals surface area (Å²) in [6, 6.07) is 0. The molecule has 0 rings (SSSR count). The van der Waals surface area contributed by atoms with E-state index in [9.17, 15) is 0 Å². The Morgan fingerprint density at radius 2 is 2.25 bits per heavy atom. The van der Waals surface area contributed by atoms with Crippen LogP contribution in [0.15, 0.2) is 6.58 Å². The molecular weight excluding hydrogens is 48.0 g/mol. The van der Waals surface area contributed by atoms with E-state index in [4.69, 9.17) is 0 Å². The van der Waals surface area contributed by atoms with Gasteiger partial charge in [-0.1, -0.05) is 0 Å². The van der Waals surface area contributed by atoms with E-state index in [-0.39, 0.29) is 0 Å². The molecule has 0 saturated carbocycles. The maximum atomic E-state index is 3.43. The third-order valence-corrected chi connectivity index (χ3v) is 0.177. The number of allylic oxidation sites excluding steroid dienone is 1. The van der Waals surface area contributed by atoms with Gasteiger partial charge in [0, 0.05) is 6.42 Å². The fraction of sp³-hybridized carbons (Fsp3) is 0.250. The van der Waals surface area contributed by atoms with Gasteiger partial charge in [0.15, 0.2) is 6.08 Å². The topological polar surface area (TPSA) is 0 Å². The van der Waals surface area contributed by atoms with E-state index in [1.165, 1.54) is 0 Å². The molecule has 0 aromatic heterocycles. The SMILES string of the molecule is C=[C+]C[CH2-]. The number of rotatable bonds is 1. The van der Waals surface area contributed by atoms with Crippen LogP contribution < -0.4 is 0 Å². The maximum absolute atomic E-state index is 3.43. The molecule has 0 atom stereocenters. The Morgan fingerprint density at radius 3 is 2.25 bits per heavy atom. The van der Waals surface area contributed by atoms with Crippen molar-refractivity contribution in [2.45, 2.75) is 6.42 Å². The normalized spacial score (nSPS) is 5.25. The molecule has 0 unspecified atom stereocenters. The molecule has 0 radical (unpaired) electrons. The highest BCUT2D eigenvalue weighted by atomic mass is 13.5. The standard InChI is InChI=1S/C4H6/c1-3-4-2/h1-3H2. The Balaban J connectivity index is 2.30. The quantitative estimate of drug-likeness (QED) is 0.394. The van der Waals surface area contributed by atoms with Gasteiger partial charge < -0.3 is 0 Å². The van der Waals surface area contributed by atoms with Gasteiger partial charge in [-0.3, -0.25) is 6.92 Å². The Kier molecular flexibility index (Phi) is 2.42. The molecule has 0 N–H and O–H groups in total. The van der Waals surface area contributed by atoms with Gasteiger partial charge in [0.25, 0.3) is 0 Å². The lowest BCUT2D eigenvalue weighted by Crippen LogP contribution is -1.40. The molecule has 4 heavy (non-hydrogen) atoms. The van der Waals surface area contributed by atoms with Crippen LogP contribution in [0, 0.1) is 13.0 Å². The van der Waals surface area contributed by atoms with Crippen LogP contribution in [-0.2, 0) is 0 Å². The zero-order chi connectivity index (χ0) is 3.41. The summed E-state index contributed by atoms with van der Waals surface area (Å²) in [5.74, 6) is 0. The van der Waals surface area contributed by atoms with E-state index < -0.39 is 0 Å². The largest absolute Gasteiger partial charge is 0.289 e. The van der Waals surface area contributed by atoms with Crippen LogP contribution in [0.1, 0.15) is 6.42 Å². The molecule has 0 amide bonds. The van der Waals surface area contributed by atoms with E-state index in [1.807, 2.05) is 0 Å². The van der Waals surface area contributed by atoms with Crippen LogP contribution in [0.25, 0.3) is 0 Å². The van der Waals surface area contributed by atoms with Gasteiger partial charge in [0.05, 0.1) is 0 Å². The molecule has 0 aliphatic rings. The van der Waals surface area contributed by atoms with E-state index >= 15 is 0 Å². The molecule has 0 saturated heterocycles. The van der Waals surface area contributed by atoms with Gasteiger partial charge in [-0.25, -0.2) is 0 Å². The van der Waals surface area contributed by atoms with Crippen molar-refractivity contribution < 1.29 is 0 Å². The molecule has 0 aliphatic heterocycles. The van der Waals surface area contributed by atoms with Gasteiger partial charge in [0.2, 0.25) is 0 Å². The van der Waals surface area contributed by atoms with E-state index in [2.05, 4.69) is 19.6 Å². The van der Waals surface area contributed by atoms with Crippen LogP contribution in [-0.4, -0.2) is 0 Å². The van der Waals surface area contributed by atoms with Crippen molar-refractivity contribution in [3.63, 3.8) is 0 Å². The van der Waals surface area contributed by atoms with Crippen molar-refractivity contribution in [3.05, 3.63) is 19.6 Å². The molecule has 0 heterocycles. The summed E-state index contributed by atoms with van der Waals surface area (Å²) in [6.07, 6.45) is 3.28. The van der Waals surface area contributed by atoms with Crippen molar-refractivity contribution in [1.82, 2.24) is 0 Å². The van der Waals surface area contributed by atoms with Crippen LogP contribution in [0.5, 0.6) is 0 Å². The van der Waals surface area contributed by atoms with Gasteiger partial charge in [-0.2, -0.15) is 0 Å². The molecule has 22 valence electrons. The molecule has 0 aromatic carbocycles. The van der Waals surface area contributed by atoms with Crippen molar-refractivity contribution >= 4 is 0 Å². The lowest BCUT2D eigenvalue weighted by atomic mass is 10.5. The van der Waals surface area contributed by atoms with E-state index in [0.29, 0.717) is 6.42 Å². The predicted octanol–water partition coefficient (Wildman–Crippen LogP) is 1.20. The summed E-state index contributed by atoms with van der Waals surface area (Å²) in [7, 11) is 0. The highest BCUT2D eigenvalue weighted by Gasteiger charge is 1.56. The maximum Gasteiger partial charge on any atom is 0.179 e. The highest BCUT2D eigenvalue weighted by molar-refractivity contribution is 4.53. The second kappa shape index (κ2) is 2.65. The summed E-state index contributed by atoms with van der Waals surface area (Å²) < 4.78 is 0. The minimum absolute atomic E-state index is 0.708. The first-order valence-corrected chi connectivity index (χ1v) is 1.21. The Labute approximate surface area is 27.1 Å². The summed E-state index contributed by atoms with van der Waals surface area (Å²) in [5, 5.41) is 0. The zero-order valence-electron chi connectivity index (χ0n) is 2.62. The van der Waals surface area contributed by atoms with Crippen LogP contribution in [0.2, 0.25) is 0 Å². The molecule has 0 heteroatoms. The lowest BCUT2D eigenvalue weighted by molar-refractivity contribution is 1.36. The van der Waals surface area contributed by atoms with E-state index in [0.717, 1.165) is 0 Å². The van der Waals surface area contributed by atoms with Gasteiger partial charge in [-0.15, -0.1) is 0 Å². The van der Waals surface area contributed by atoms with Crippen molar-refractivity contribution in [2.24, 2.45) is 0 Å². The summed E-state index contributed by atoms with van der Waals surface area (Å²) in [4.78, 5) is 0. The van der Waals surface area contributed by atoms with Crippen molar-refractivity contribution in [1.29, 1.82) is 0 Å². The monoisotopic (exact) mass is 54.0 g/mol. The molecule has 0 fully saturated rings. The van der Waals surface area contributed by atoms with Crippen LogP contribution >= 0.6 is 0 Å². The number of hydrogen-bond acceptors (Lipinski definition) is 0. The smallest absolute Gasteiger partial charge is 0.179 e. The number of hydrogen-bond donors (Lipinski definition) is 0. The van der Waals surface area contributed by atoms with E-state index in [1.54, 1.807) is 0 Å². The van der Waals surface area contributed by atoms with Crippen LogP contribution in [0.4, 0.5) is 0 Å². The molecule has 0 aromatic rings. The summed E-state index contributed by atoms with van der Waals surface area (Å²) in [6.45, 7) is 6.72. The molecule has 0 bridgehead atoms. The molecule has 0 aliphatic carbocycles. The minimum Gasteiger partial charge on any atom is -0.289 e. The summed E-state index contributed by atoms with van der Waals surface area (Å²) >= 11 is 0. The minimum atomic E-state index is 0.708. The Hall–Kier alpha value is -0.350. The average molecular weight is 54.1 g/mol. The third kappa shape index (κ3) is 1.65. The highest BCUT2D eigenvalue weighted by Crippen LogP contribution is 1.63. The molecular formula is C4H6. The van der Waals surface area contributed by atoms with Gasteiger partial charge >= 0.3 is 0 Å². The second-order valence-electron chi connectivity index (χ2n) is 0.500. The fourth-order valence-electron chi connectivity index (χ4n) is 0. The fourth-order valence-corrected chi connectivity index (χ4v) is 0. The Morgan fingerprint density at radius 1 is 2.00 bits per heavy atom. The molecule has 0 nitrogen and oxygen atoms in total.